The second kappa shape index (κ2) is 12.3. The van der Waals surface area contributed by atoms with E-state index in [1.54, 1.807) is 18.2 Å². The molecule has 0 aliphatic carbocycles. The maximum atomic E-state index is 12.8. The normalized spacial score (nSPS) is 14.5. The number of rotatable bonds is 10. The standard InChI is InChI=1S/C28H26BrNO6S/c1-3-4-12-35-25(31)16-30-27(32)24(37-28(30)33)15-18-13-22(29)26(23(14-18)34-2)36-17-20-10-7-9-19-8-5-6-11-21(19)20/h5-11,13-15H,3-4,12,16-17H2,1-2H3/b24-15+. The number of imide groups is 1. The highest BCUT2D eigenvalue weighted by Crippen LogP contribution is 2.39. The minimum atomic E-state index is -0.603. The predicted octanol–water partition coefficient (Wildman–Crippen LogP) is 6.57. The Morgan fingerprint density at radius 1 is 1.11 bits per heavy atom. The molecule has 37 heavy (non-hydrogen) atoms. The number of unbranched alkanes of at least 4 members (excludes halogenated alkanes) is 1. The third-order valence-electron chi connectivity index (χ3n) is 5.72. The number of nitrogens with zero attached hydrogens (tertiary/aromatic N) is 1. The van der Waals surface area contributed by atoms with Crippen LogP contribution in [0, 0.1) is 0 Å². The topological polar surface area (TPSA) is 82.1 Å². The fourth-order valence-electron chi connectivity index (χ4n) is 3.82. The molecule has 3 aromatic carbocycles. The quantitative estimate of drug-likeness (QED) is 0.152. The van der Waals surface area contributed by atoms with Gasteiger partial charge >= 0.3 is 5.97 Å². The van der Waals surface area contributed by atoms with Crippen molar-refractivity contribution in [1.82, 2.24) is 4.90 Å². The second-order valence-electron chi connectivity index (χ2n) is 8.30. The van der Waals surface area contributed by atoms with Gasteiger partial charge in [0.2, 0.25) is 0 Å². The van der Waals surface area contributed by atoms with Crippen molar-refractivity contribution in [3.8, 4) is 11.5 Å². The van der Waals surface area contributed by atoms with E-state index in [0.29, 0.717) is 28.1 Å². The number of halogens is 1. The number of hydrogen-bond donors (Lipinski definition) is 0. The first-order valence-electron chi connectivity index (χ1n) is 11.8. The van der Waals surface area contributed by atoms with Crippen LogP contribution in [0.15, 0.2) is 64.0 Å². The Balaban J connectivity index is 1.50. The SMILES string of the molecule is CCCCOC(=O)CN1C(=O)S/C(=C/c2cc(Br)c(OCc3cccc4ccccc34)c(OC)c2)C1=O. The highest BCUT2D eigenvalue weighted by molar-refractivity contribution is 9.10. The molecule has 0 aromatic heterocycles. The lowest BCUT2D eigenvalue weighted by Gasteiger charge is -2.15. The largest absolute Gasteiger partial charge is 0.493 e. The Morgan fingerprint density at radius 3 is 2.68 bits per heavy atom. The molecule has 7 nitrogen and oxygen atoms in total. The number of thioether (sulfide) groups is 1. The molecular weight excluding hydrogens is 558 g/mol. The van der Waals surface area contributed by atoms with Crippen LogP contribution >= 0.6 is 27.7 Å². The summed E-state index contributed by atoms with van der Waals surface area (Å²) in [5.41, 5.74) is 1.68. The van der Waals surface area contributed by atoms with Crippen LogP contribution in [0.1, 0.15) is 30.9 Å². The highest BCUT2D eigenvalue weighted by atomic mass is 79.9. The summed E-state index contributed by atoms with van der Waals surface area (Å²) < 4.78 is 17.4. The van der Waals surface area contributed by atoms with Crippen LogP contribution in [0.4, 0.5) is 4.79 Å². The number of hydrogen-bond acceptors (Lipinski definition) is 7. The number of fused-ring (bicyclic) bond motifs is 1. The van der Waals surface area contributed by atoms with Gasteiger partial charge in [0.1, 0.15) is 13.2 Å². The van der Waals surface area contributed by atoms with Gasteiger partial charge < -0.3 is 14.2 Å². The summed E-state index contributed by atoms with van der Waals surface area (Å²) in [7, 11) is 1.54. The molecule has 1 saturated heterocycles. The van der Waals surface area contributed by atoms with E-state index in [-0.39, 0.29) is 11.5 Å². The second-order valence-corrected chi connectivity index (χ2v) is 10.2. The smallest absolute Gasteiger partial charge is 0.326 e. The third kappa shape index (κ3) is 6.34. The summed E-state index contributed by atoms with van der Waals surface area (Å²) in [5, 5.41) is 1.74. The van der Waals surface area contributed by atoms with E-state index in [0.717, 1.165) is 45.8 Å². The van der Waals surface area contributed by atoms with Crippen molar-refractivity contribution in [2.45, 2.75) is 26.4 Å². The van der Waals surface area contributed by atoms with E-state index >= 15 is 0 Å². The minimum Gasteiger partial charge on any atom is -0.493 e. The molecule has 0 saturated carbocycles. The summed E-state index contributed by atoms with van der Waals surface area (Å²) in [6, 6.07) is 17.7. The molecule has 9 heteroatoms. The molecule has 0 N–H and O–H groups in total. The Kier molecular flexibility index (Phi) is 8.89. The van der Waals surface area contributed by atoms with Crippen LogP contribution in [0.3, 0.4) is 0 Å². The molecule has 4 rings (SSSR count). The van der Waals surface area contributed by atoms with E-state index in [1.807, 2.05) is 31.2 Å². The van der Waals surface area contributed by atoms with Gasteiger partial charge in [0.15, 0.2) is 11.5 Å². The summed E-state index contributed by atoms with van der Waals surface area (Å²) >= 11 is 4.33. The molecule has 3 aromatic rings. The zero-order valence-electron chi connectivity index (χ0n) is 20.5. The van der Waals surface area contributed by atoms with Crippen molar-refractivity contribution in [3.63, 3.8) is 0 Å². The number of methoxy groups -OCH3 is 1. The van der Waals surface area contributed by atoms with Crippen LogP contribution in [-0.2, 0) is 20.9 Å². The molecule has 0 bridgehead atoms. The summed E-state index contributed by atoms with van der Waals surface area (Å²) in [6.45, 7) is 2.18. The van der Waals surface area contributed by atoms with E-state index in [9.17, 15) is 14.4 Å². The Labute approximate surface area is 227 Å². The van der Waals surface area contributed by atoms with Crippen molar-refractivity contribution in [3.05, 3.63) is 75.1 Å². The average molecular weight is 584 g/mol. The van der Waals surface area contributed by atoms with E-state index in [1.165, 1.54) is 7.11 Å². The lowest BCUT2D eigenvalue weighted by Crippen LogP contribution is -2.34. The highest BCUT2D eigenvalue weighted by Gasteiger charge is 2.36. The molecule has 1 aliphatic heterocycles. The lowest BCUT2D eigenvalue weighted by atomic mass is 10.1. The molecule has 1 fully saturated rings. The van der Waals surface area contributed by atoms with Gasteiger partial charge in [-0.2, -0.15) is 0 Å². The molecule has 0 spiro atoms. The molecule has 0 unspecified atom stereocenters. The van der Waals surface area contributed by atoms with Crippen LogP contribution < -0.4 is 9.47 Å². The molecule has 0 atom stereocenters. The fourth-order valence-corrected chi connectivity index (χ4v) is 5.24. The molecule has 0 radical (unpaired) electrons. The Hall–Kier alpha value is -3.30. The maximum absolute atomic E-state index is 12.8. The van der Waals surface area contributed by atoms with Gasteiger partial charge in [-0.1, -0.05) is 55.8 Å². The fraction of sp³-hybridized carbons (Fsp3) is 0.250. The Bertz CT molecular complexity index is 1370. The number of amides is 2. The molecular formula is C28H26BrNO6S. The van der Waals surface area contributed by atoms with Crippen LogP contribution in [0.2, 0.25) is 0 Å². The van der Waals surface area contributed by atoms with Gasteiger partial charge in [0.25, 0.3) is 11.1 Å². The van der Waals surface area contributed by atoms with Gasteiger partial charge in [-0.15, -0.1) is 0 Å². The summed E-state index contributed by atoms with van der Waals surface area (Å²) in [4.78, 5) is 38.3. The van der Waals surface area contributed by atoms with Crippen LogP contribution in [0.25, 0.3) is 16.8 Å². The van der Waals surface area contributed by atoms with E-state index in [4.69, 9.17) is 14.2 Å². The lowest BCUT2D eigenvalue weighted by molar-refractivity contribution is -0.146. The van der Waals surface area contributed by atoms with Crippen molar-refractivity contribution in [1.29, 1.82) is 0 Å². The van der Waals surface area contributed by atoms with Gasteiger partial charge in [-0.05, 0) is 74.2 Å². The number of esters is 1. The summed E-state index contributed by atoms with van der Waals surface area (Å²) in [6.07, 6.45) is 3.20. The van der Waals surface area contributed by atoms with Crippen LogP contribution in [-0.4, -0.2) is 42.3 Å². The minimum absolute atomic E-state index is 0.213. The van der Waals surface area contributed by atoms with Crippen molar-refractivity contribution in [2.24, 2.45) is 0 Å². The van der Waals surface area contributed by atoms with Gasteiger partial charge in [-0.25, -0.2) is 0 Å². The number of benzene rings is 3. The average Bonchev–Trinajstić information content (AvgIpc) is 3.15. The van der Waals surface area contributed by atoms with Crippen molar-refractivity contribution < 1.29 is 28.6 Å². The molecule has 1 aliphatic rings. The third-order valence-corrected chi connectivity index (χ3v) is 7.22. The monoisotopic (exact) mass is 583 g/mol. The first-order valence-corrected chi connectivity index (χ1v) is 13.4. The zero-order chi connectivity index (χ0) is 26.4. The number of ether oxygens (including phenoxy) is 3. The molecule has 192 valence electrons. The number of carbonyl (C=O) groups excluding carboxylic acids is 3. The zero-order valence-corrected chi connectivity index (χ0v) is 22.9. The van der Waals surface area contributed by atoms with Crippen molar-refractivity contribution >= 4 is 61.7 Å². The maximum Gasteiger partial charge on any atom is 0.326 e. The van der Waals surface area contributed by atoms with E-state index < -0.39 is 23.7 Å². The van der Waals surface area contributed by atoms with Crippen LogP contribution in [0.5, 0.6) is 11.5 Å². The predicted molar refractivity (Wildman–Crippen MR) is 148 cm³/mol. The van der Waals surface area contributed by atoms with E-state index in [2.05, 4.69) is 34.1 Å². The summed E-state index contributed by atoms with van der Waals surface area (Å²) in [5.74, 6) is -0.141. The first-order chi connectivity index (χ1) is 17.9. The molecule has 1 heterocycles. The Morgan fingerprint density at radius 2 is 1.89 bits per heavy atom. The number of carbonyl (C=O) groups is 3. The first kappa shape index (κ1) is 26.8. The van der Waals surface area contributed by atoms with Gasteiger partial charge in [-0.3, -0.25) is 19.3 Å². The molecule has 2 amide bonds. The van der Waals surface area contributed by atoms with Crippen molar-refractivity contribution in [2.75, 3.05) is 20.3 Å². The van der Waals surface area contributed by atoms with Gasteiger partial charge in [0, 0.05) is 0 Å². The van der Waals surface area contributed by atoms with Gasteiger partial charge in [0.05, 0.1) is 23.1 Å².